The lowest BCUT2D eigenvalue weighted by molar-refractivity contribution is -0.112. The van der Waals surface area contributed by atoms with Crippen LogP contribution in [0.4, 0.5) is 8.78 Å². The van der Waals surface area contributed by atoms with Crippen molar-refractivity contribution in [2.75, 3.05) is 6.54 Å². The van der Waals surface area contributed by atoms with Gasteiger partial charge in [-0.05, 0) is 48.8 Å². The van der Waals surface area contributed by atoms with E-state index in [-0.39, 0.29) is 30.6 Å². The Morgan fingerprint density at radius 2 is 1.83 bits per heavy atom. The Bertz CT molecular complexity index is 908. The second-order valence-electron chi connectivity index (χ2n) is 7.91. The highest BCUT2D eigenvalue weighted by atomic mass is 19.1. The Labute approximate surface area is 168 Å². The number of carbonyl (C=O) groups is 2. The van der Waals surface area contributed by atoms with Crippen LogP contribution in [0, 0.1) is 23.5 Å². The minimum atomic E-state index is -0.923. The number of hydrogen-bond donors (Lipinski definition) is 0. The zero-order chi connectivity index (χ0) is 20.4. The van der Waals surface area contributed by atoms with Crippen molar-refractivity contribution in [3.63, 3.8) is 0 Å². The fraction of sp³-hybridized carbons (Fsp3) is 0.391. The van der Waals surface area contributed by atoms with E-state index in [1.54, 1.807) is 17.0 Å². The molecule has 1 fully saturated rings. The molecule has 2 aromatic carbocycles. The number of fused-ring (bicyclic) bond motifs is 1. The maximum absolute atomic E-state index is 15.0. The van der Waals surface area contributed by atoms with Crippen LogP contribution in [0.3, 0.4) is 0 Å². The summed E-state index contributed by atoms with van der Waals surface area (Å²) < 4.78 is 34.8. The summed E-state index contributed by atoms with van der Waals surface area (Å²) in [6, 6.07) is 10.3. The zero-order valence-electron chi connectivity index (χ0n) is 16.1. The van der Waals surface area contributed by atoms with Crippen molar-refractivity contribution >= 4 is 12.2 Å². The summed E-state index contributed by atoms with van der Waals surface area (Å²) in [4.78, 5) is 25.3. The summed E-state index contributed by atoms with van der Waals surface area (Å²) in [7, 11) is 0. The van der Waals surface area contributed by atoms with Gasteiger partial charge in [0.1, 0.15) is 12.9 Å². The SMILES string of the molecule is O=C[C@H]1CC[C@H](CN2Cc3cc(F)c(OCc4ccccc4)c(F)c3C2=O)CC1. The molecule has 0 atom stereocenters. The molecular formula is C23H23F2NO3. The van der Waals surface area contributed by atoms with Gasteiger partial charge in [0.05, 0.1) is 5.56 Å². The highest BCUT2D eigenvalue weighted by Gasteiger charge is 2.35. The van der Waals surface area contributed by atoms with E-state index in [1.165, 1.54) is 6.07 Å². The topological polar surface area (TPSA) is 46.6 Å². The predicted molar refractivity (Wildman–Crippen MR) is 103 cm³/mol. The van der Waals surface area contributed by atoms with Gasteiger partial charge in [0.25, 0.3) is 5.91 Å². The second-order valence-corrected chi connectivity index (χ2v) is 7.91. The molecule has 0 unspecified atom stereocenters. The van der Waals surface area contributed by atoms with E-state index in [2.05, 4.69) is 0 Å². The normalized spacial score (nSPS) is 21.2. The van der Waals surface area contributed by atoms with E-state index in [0.29, 0.717) is 12.1 Å². The van der Waals surface area contributed by atoms with Crippen molar-refractivity contribution in [2.45, 2.75) is 38.8 Å². The number of ether oxygens (including phenoxy) is 1. The van der Waals surface area contributed by atoms with E-state index in [0.717, 1.165) is 37.5 Å². The molecule has 1 heterocycles. The molecule has 1 saturated carbocycles. The van der Waals surface area contributed by atoms with E-state index in [1.807, 2.05) is 18.2 Å². The first-order valence-corrected chi connectivity index (χ1v) is 9.99. The molecule has 6 heteroatoms. The molecule has 152 valence electrons. The van der Waals surface area contributed by atoms with E-state index in [4.69, 9.17) is 4.74 Å². The smallest absolute Gasteiger partial charge is 0.257 e. The zero-order valence-corrected chi connectivity index (χ0v) is 16.1. The van der Waals surface area contributed by atoms with Crippen LogP contribution in [0.5, 0.6) is 5.75 Å². The predicted octanol–water partition coefficient (Wildman–Crippen LogP) is 4.50. The van der Waals surface area contributed by atoms with Gasteiger partial charge >= 0.3 is 0 Å². The number of halogens is 2. The molecule has 0 N–H and O–H groups in total. The highest BCUT2D eigenvalue weighted by Crippen LogP contribution is 2.36. The van der Waals surface area contributed by atoms with Gasteiger partial charge in [-0.2, -0.15) is 0 Å². The lowest BCUT2D eigenvalue weighted by atomic mass is 9.82. The molecular weight excluding hydrogens is 376 g/mol. The van der Waals surface area contributed by atoms with Crippen LogP contribution in [0.1, 0.15) is 47.2 Å². The Kier molecular flexibility index (Phi) is 5.60. The molecule has 0 aromatic heterocycles. The fourth-order valence-corrected chi connectivity index (χ4v) is 4.27. The molecule has 4 nitrogen and oxygen atoms in total. The molecule has 4 rings (SSSR count). The number of carbonyl (C=O) groups excluding carboxylic acids is 2. The summed E-state index contributed by atoms with van der Waals surface area (Å²) in [5, 5.41) is 0. The van der Waals surface area contributed by atoms with Crippen molar-refractivity contribution < 1.29 is 23.1 Å². The summed E-state index contributed by atoms with van der Waals surface area (Å²) >= 11 is 0. The summed E-state index contributed by atoms with van der Waals surface area (Å²) in [5.74, 6) is -2.25. The maximum Gasteiger partial charge on any atom is 0.257 e. The second kappa shape index (κ2) is 8.31. The van der Waals surface area contributed by atoms with Gasteiger partial charge in [-0.25, -0.2) is 8.78 Å². The third-order valence-corrected chi connectivity index (χ3v) is 5.91. The fourth-order valence-electron chi connectivity index (χ4n) is 4.27. The molecule has 29 heavy (non-hydrogen) atoms. The molecule has 2 aliphatic rings. The van der Waals surface area contributed by atoms with Crippen LogP contribution >= 0.6 is 0 Å². The van der Waals surface area contributed by atoms with Crippen LogP contribution in [0.15, 0.2) is 36.4 Å². The van der Waals surface area contributed by atoms with Crippen molar-refractivity contribution in [3.8, 4) is 5.75 Å². The Hall–Kier alpha value is -2.76. The molecule has 1 amide bonds. The first kappa shape index (κ1) is 19.6. The number of hydrogen-bond acceptors (Lipinski definition) is 3. The number of rotatable bonds is 6. The van der Waals surface area contributed by atoms with Crippen LogP contribution in [0.2, 0.25) is 0 Å². The number of nitrogens with zero attached hydrogens (tertiary/aromatic N) is 1. The Morgan fingerprint density at radius 3 is 2.52 bits per heavy atom. The molecule has 0 saturated heterocycles. The largest absolute Gasteiger partial charge is 0.483 e. The van der Waals surface area contributed by atoms with Crippen molar-refractivity contribution in [2.24, 2.45) is 11.8 Å². The number of benzene rings is 2. The first-order valence-electron chi connectivity index (χ1n) is 9.99. The highest BCUT2D eigenvalue weighted by molar-refractivity contribution is 5.99. The minimum Gasteiger partial charge on any atom is -0.483 e. The monoisotopic (exact) mass is 399 g/mol. The molecule has 0 radical (unpaired) electrons. The van der Waals surface area contributed by atoms with E-state index < -0.39 is 23.3 Å². The van der Waals surface area contributed by atoms with E-state index in [9.17, 15) is 18.4 Å². The lowest BCUT2D eigenvalue weighted by Crippen LogP contribution is -2.32. The quantitative estimate of drug-likeness (QED) is 0.672. The van der Waals surface area contributed by atoms with Crippen molar-refractivity contribution in [1.82, 2.24) is 4.90 Å². The van der Waals surface area contributed by atoms with Gasteiger partial charge < -0.3 is 14.4 Å². The molecule has 0 spiro atoms. The van der Waals surface area contributed by atoms with Crippen molar-refractivity contribution in [3.05, 3.63) is 64.7 Å². The van der Waals surface area contributed by atoms with Gasteiger partial charge in [0.15, 0.2) is 17.4 Å². The third-order valence-electron chi connectivity index (χ3n) is 5.91. The molecule has 2 aromatic rings. The van der Waals surface area contributed by atoms with Crippen LogP contribution in [-0.4, -0.2) is 23.6 Å². The van der Waals surface area contributed by atoms with Crippen LogP contribution in [0.25, 0.3) is 0 Å². The third kappa shape index (κ3) is 4.02. The van der Waals surface area contributed by atoms with Gasteiger partial charge in [0.2, 0.25) is 0 Å². The standard InChI is InChI=1S/C23H23F2NO3/c24-19-10-18-12-26(11-15-6-8-16(13-27)9-7-15)23(28)20(18)21(25)22(19)29-14-17-4-2-1-3-5-17/h1-5,10,13,15-16H,6-9,11-12,14H2/t15-,16-. The first-order chi connectivity index (χ1) is 14.1. The van der Waals surface area contributed by atoms with Gasteiger partial charge in [0, 0.05) is 19.0 Å². The number of aldehydes is 1. The van der Waals surface area contributed by atoms with Crippen molar-refractivity contribution in [1.29, 1.82) is 0 Å². The average molecular weight is 399 g/mol. The minimum absolute atomic E-state index is 0.0192. The number of amides is 1. The van der Waals surface area contributed by atoms with Crippen LogP contribution in [-0.2, 0) is 17.9 Å². The van der Waals surface area contributed by atoms with Crippen LogP contribution < -0.4 is 4.74 Å². The van der Waals surface area contributed by atoms with Gasteiger partial charge in [-0.1, -0.05) is 30.3 Å². The average Bonchev–Trinajstić information content (AvgIpc) is 3.04. The van der Waals surface area contributed by atoms with Gasteiger partial charge in [-0.3, -0.25) is 4.79 Å². The molecule has 0 bridgehead atoms. The lowest BCUT2D eigenvalue weighted by Gasteiger charge is -2.29. The summed E-state index contributed by atoms with van der Waals surface area (Å²) in [6.07, 6.45) is 4.38. The Morgan fingerprint density at radius 1 is 1.10 bits per heavy atom. The molecule has 1 aliphatic carbocycles. The maximum atomic E-state index is 15.0. The van der Waals surface area contributed by atoms with E-state index >= 15 is 0 Å². The summed E-state index contributed by atoms with van der Waals surface area (Å²) in [6.45, 7) is 0.723. The summed E-state index contributed by atoms with van der Waals surface area (Å²) in [5.41, 5.74) is 1.06. The molecule has 1 aliphatic heterocycles. The Balaban J connectivity index is 1.47. The van der Waals surface area contributed by atoms with Gasteiger partial charge in [-0.15, -0.1) is 0 Å².